The minimum absolute atomic E-state index is 0.0603. The molecule has 4 aromatic rings. The molecular weight excluding hydrogens is 382 g/mol. The third-order valence-electron chi connectivity index (χ3n) is 5.33. The van der Waals surface area contributed by atoms with Crippen LogP contribution in [0.5, 0.6) is 0 Å². The predicted octanol–water partition coefficient (Wildman–Crippen LogP) is 2.92. The number of hydrogen-bond acceptors (Lipinski definition) is 5. The number of hydrogen-bond donors (Lipinski definition) is 2. The van der Waals surface area contributed by atoms with Crippen LogP contribution in [-0.2, 0) is 0 Å². The number of carbonyl (C=O) groups excluding carboxylic acids is 2. The summed E-state index contributed by atoms with van der Waals surface area (Å²) in [6.07, 6.45) is 3.35. The molecule has 0 fully saturated rings. The molecule has 9 nitrogen and oxygen atoms in total. The highest BCUT2D eigenvalue weighted by Crippen LogP contribution is 2.26. The zero-order valence-electron chi connectivity index (χ0n) is 16.9. The van der Waals surface area contributed by atoms with E-state index in [1.807, 2.05) is 42.2 Å². The number of nitrogens with one attached hydrogen (secondary N) is 2. The number of nitrogens with zero attached hydrogens (tertiary/aromatic N) is 5. The van der Waals surface area contributed by atoms with Crippen LogP contribution in [0.25, 0.3) is 22.1 Å². The Morgan fingerprint density at radius 2 is 2.03 bits per heavy atom. The molecule has 1 aliphatic rings. The van der Waals surface area contributed by atoms with Gasteiger partial charge < -0.3 is 15.2 Å². The van der Waals surface area contributed by atoms with E-state index >= 15 is 0 Å². The lowest BCUT2D eigenvalue weighted by Crippen LogP contribution is -2.37. The highest BCUT2D eigenvalue weighted by molar-refractivity contribution is 6.05. The molecule has 0 aliphatic carbocycles. The molecule has 1 atom stereocenters. The highest BCUT2D eigenvalue weighted by Gasteiger charge is 2.25. The first kappa shape index (κ1) is 18.3. The number of rotatable bonds is 3. The SMILES string of the molecule is CC(C)n1ncc2cc(NC(=O)c3ccc4cc5n(c4n3)C(C)CNC5=O)cnc21. The summed E-state index contributed by atoms with van der Waals surface area (Å²) in [5.74, 6) is -0.462. The van der Waals surface area contributed by atoms with Crippen LogP contribution in [0.15, 0.2) is 36.7 Å². The van der Waals surface area contributed by atoms with Gasteiger partial charge in [0.2, 0.25) is 0 Å². The van der Waals surface area contributed by atoms with E-state index < -0.39 is 0 Å². The average molecular weight is 403 g/mol. The van der Waals surface area contributed by atoms with E-state index in [0.717, 1.165) is 16.4 Å². The van der Waals surface area contributed by atoms with E-state index in [1.165, 1.54) is 0 Å². The Kier molecular flexibility index (Phi) is 4.05. The fourth-order valence-electron chi connectivity index (χ4n) is 3.85. The first-order valence-electron chi connectivity index (χ1n) is 9.87. The second kappa shape index (κ2) is 6.65. The zero-order valence-corrected chi connectivity index (χ0v) is 16.9. The molecule has 0 aromatic carbocycles. The maximum Gasteiger partial charge on any atom is 0.274 e. The van der Waals surface area contributed by atoms with Gasteiger partial charge in [0, 0.05) is 23.4 Å². The molecule has 5 rings (SSSR count). The molecule has 152 valence electrons. The van der Waals surface area contributed by atoms with Crippen LogP contribution in [0.4, 0.5) is 5.69 Å². The van der Waals surface area contributed by atoms with Gasteiger partial charge in [-0.25, -0.2) is 14.6 Å². The van der Waals surface area contributed by atoms with Gasteiger partial charge in [-0.2, -0.15) is 5.10 Å². The standard InChI is InChI=1S/C21H21N7O2/c1-11(2)28-18-14(9-24-28)6-15(10-22-18)25-20(29)16-5-4-13-7-17-21(30)23-8-12(3)27(17)19(13)26-16/h4-7,9-12H,8H2,1-3H3,(H,23,30)(H,25,29). The molecule has 5 heterocycles. The first-order chi connectivity index (χ1) is 14.4. The summed E-state index contributed by atoms with van der Waals surface area (Å²) in [5.41, 5.74) is 2.81. The van der Waals surface area contributed by atoms with Gasteiger partial charge in [-0.1, -0.05) is 0 Å². The molecule has 2 N–H and O–H groups in total. The van der Waals surface area contributed by atoms with Crippen molar-refractivity contribution in [1.29, 1.82) is 0 Å². The second-order valence-corrected chi connectivity index (χ2v) is 7.84. The fourth-order valence-corrected chi connectivity index (χ4v) is 3.85. The zero-order chi connectivity index (χ0) is 21.0. The van der Waals surface area contributed by atoms with Crippen LogP contribution in [-0.4, -0.2) is 42.7 Å². The Bertz CT molecular complexity index is 1320. The highest BCUT2D eigenvalue weighted by atomic mass is 16.2. The van der Waals surface area contributed by atoms with Crippen LogP contribution in [0.2, 0.25) is 0 Å². The third kappa shape index (κ3) is 2.81. The summed E-state index contributed by atoms with van der Waals surface area (Å²) in [5, 5.41) is 11.7. The summed E-state index contributed by atoms with van der Waals surface area (Å²) >= 11 is 0. The number of anilines is 1. The summed E-state index contributed by atoms with van der Waals surface area (Å²) < 4.78 is 3.72. The quantitative estimate of drug-likeness (QED) is 0.547. The Morgan fingerprint density at radius 3 is 2.83 bits per heavy atom. The largest absolute Gasteiger partial charge is 0.349 e. The van der Waals surface area contributed by atoms with E-state index in [0.29, 0.717) is 23.6 Å². The van der Waals surface area contributed by atoms with Crippen molar-refractivity contribution < 1.29 is 9.59 Å². The van der Waals surface area contributed by atoms with Gasteiger partial charge in [0.05, 0.1) is 24.1 Å². The molecule has 2 amide bonds. The summed E-state index contributed by atoms with van der Waals surface area (Å²) in [6, 6.07) is 7.38. The van der Waals surface area contributed by atoms with Crippen LogP contribution in [0, 0.1) is 0 Å². The smallest absolute Gasteiger partial charge is 0.274 e. The van der Waals surface area contributed by atoms with E-state index in [4.69, 9.17) is 0 Å². The molecule has 1 unspecified atom stereocenters. The minimum Gasteiger partial charge on any atom is -0.349 e. The molecule has 4 aromatic heterocycles. The molecule has 0 spiro atoms. The minimum atomic E-state index is -0.335. The van der Waals surface area contributed by atoms with Crippen molar-refractivity contribution in [2.24, 2.45) is 0 Å². The van der Waals surface area contributed by atoms with Crippen molar-refractivity contribution in [1.82, 2.24) is 29.6 Å². The van der Waals surface area contributed by atoms with E-state index in [1.54, 1.807) is 24.5 Å². The predicted molar refractivity (Wildman–Crippen MR) is 113 cm³/mol. The Labute approximate surface area is 172 Å². The van der Waals surface area contributed by atoms with E-state index in [2.05, 4.69) is 25.7 Å². The van der Waals surface area contributed by atoms with E-state index in [9.17, 15) is 9.59 Å². The van der Waals surface area contributed by atoms with Crippen molar-refractivity contribution in [2.75, 3.05) is 11.9 Å². The van der Waals surface area contributed by atoms with Crippen molar-refractivity contribution in [2.45, 2.75) is 32.9 Å². The number of carbonyl (C=O) groups is 2. The first-order valence-corrected chi connectivity index (χ1v) is 9.87. The van der Waals surface area contributed by atoms with Gasteiger partial charge in [-0.3, -0.25) is 9.59 Å². The summed E-state index contributed by atoms with van der Waals surface area (Å²) in [6.45, 7) is 6.62. The number of amides is 2. The van der Waals surface area contributed by atoms with Gasteiger partial charge in [0.25, 0.3) is 11.8 Å². The van der Waals surface area contributed by atoms with Crippen LogP contribution < -0.4 is 10.6 Å². The average Bonchev–Trinajstić information content (AvgIpc) is 3.32. The molecule has 30 heavy (non-hydrogen) atoms. The van der Waals surface area contributed by atoms with Crippen molar-refractivity contribution >= 4 is 39.6 Å². The molecule has 0 bridgehead atoms. The maximum atomic E-state index is 12.8. The molecule has 0 radical (unpaired) electrons. The Hall–Kier alpha value is -3.75. The van der Waals surface area contributed by atoms with Crippen molar-refractivity contribution in [3.05, 3.63) is 48.0 Å². The Balaban J connectivity index is 1.47. The summed E-state index contributed by atoms with van der Waals surface area (Å²) in [4.78, 5) is 34.0. The van der Waals surface area contributed by atoms with Gasteiger partial charge in [0.15, 0.2) is 5.65 Å². The van der Waals surface area contributed by atoms with Crippen molar-refractivity contribution in [3.8, 4) is 0 Å². The van der Waals surface area contributed by atoms with Crippen LogP contribution >= 0.6 is 0 Å². The lowest BCUT2D eigenvalue weighted by Gasteiger charge is -2.23. The fraction of sp³-hybridized carbons (Fsp3) is 0.286. The third-order valence-corrected chi connectivity index (χ3v) is 5.33. The number of fused-ring (bicyclic) bond motifs is 4. The van der Waals surface area contributed by atoms with Gasteiger partial charge in [-0.15, -0.1) is 0 Å². The van der Waals surface area contributed by atoms with Crippen molar-refractivity contribution in [3.63, 3.8) is 0 Å². The van der Waals surface area contributed by atoms with Crippen LogP contribution in [0.1, 0.15) is 53.8 Å². The second-order valence-electron chi connectivity index (χ2n) is 7.84. The van der Waals surface area contributed by atoms with Crippen LogP contribution in [0.3, 0.4) is 0 Å². The molecule has 0 saturated carbocycles. The van der Waals surface area contributed by atoms with E-state index in [-0.39, 0.29) is 29.6 Å². The molecule has 1 aliphatic heterocycles. The molecule has 0 saturated heterocycles. The lowest BCUT2D eigenvalue weighted by molar-refractivity contribution is 0.0918. The monoisotopic (exact) mass is 403 g/mol. The topological polar surface area (TPSA) is 107 Å². The van der Waals surface area contributed by atoms with Gasteiger partial charge >= 0.3 is 0 Å². The normalized spacial score (nSPS) is 16.1. The Morgan fingerprint density at radius 1 is 1.20 bits per heavy atom. The maximum absolute atomic E-state index is 12.8. The molecule has 9 heteroatoms. The van der Waals surface area contributed by atoms with Gasteiger partial charge in [-0.05, 0) is 45.0 Å². The number of pyridine rings is 2. The number of aromatic nitrogens is 5. The molecular formula is C21H21N7O2. The van der Waals surface area contributed by atoms with Gasteiger partial charge in [0.1, 0.15) is 17.0 Å². The summed E-state index contributed by atoms with van der Waals surface area (Å²) in [7, 11) is 0. The lowest BCUT2D eigenvalue weighted by atomic mass is 10.2.